The number of anilines is 2. The van der Waals surface area contributed by atoms with E-state index in [4.69, 9.17) is 0 Å². The summed E-state index contributed by atoms with van der Waals surface area (Å²) in [6.45, 7) is 3.23. The summed E-state index contributed by atoms with van der Waals surface area (Å²) < 4.78 is 13.5. The molecule has 0 bridgehead atoms. The lowest BCUT2D eigenvalue weighted by atomic mass is 10.2. The predicted molar refractivity (Wildman–Crippen MR) is 85.9 cm³/mol. The van der Waals surface area contributed by atoms with Crippen molar-refractivity contribution in [3.63, 3.8) is 0 Å². The van der Waals surface area contributed by atoms with Crippen molar-refractivity contribution in [2.45, 2.75) is 19.9 Å². The van der Waals surface area contributed by atoms with Crippen molar-refractivity contribution < 1.29 is 14.1 Å². The van der Waals surface area contributed by atoms with Gasteiger partial charge in [-0.1, -0.05) is 18.2 Å². The van der Waals surface area contributed by atoms with Gasteiger partial charge in [0.05, 0.1) is 4.92 Å². The Balaban J connectivity index is 2.08. The van der Waals surface area contributed by atoms with E-state index in [-0.39, 0.29) is 17.2 Å². The standard InChI is InChI=1S/C16H16FN3O3/c1-10-7-8-12(9-13(10)17)18-11(2)16(21)19-14-5-3-4-6-15(14)20(22)23/h3-9,11,18H,1-2H3,(H,19,21)/t11-/m1/s1. The van der Waals surface area contributed by atoms with Crippen molar-refractivity contribution in [1.29, 1.82) is 0 Å². The van der Waals surface area contributed by atoms with Gasteiger partial charge < -0.3 is 10.6 Å². The van der Waals surface area contributed by atoms with Crippen LogP contribution in [0.15, 0.2) is 42.5 Å². The molecule has 0 aromatic heterocycles. The Morgan fingerprint density at radius 1 is 1.26 bits per heavy atom. The number of halogens is 1. The Hall–Kier alpha value is -2.96. The van der Waals surface area contributed by atoms with Crippen LogP contribution >= 0.6 is 0 Å². The van der Waals surface area contributed by atoms with Gasteiger partial charge in [-0.15, -0.1) is 0 Å². The summed E-state index contributed by atoms with van der Waals surface area (Å²) >= 11 is 0. The molecule has 0 aliphatic carbocycles. The number of nitro benzene ring substituents is 1. The average Bonchev–Trinajstić information content (AvgIpc) is 2.51. The monoisotopic (exact) mass is 317 g/mol. The topological polar surface area (TPSA) is 84.3 Å². The lowest BCUT2D eigenvalue weighted by Crippen LogP contribution is -2.32. The first-order valence-electron chi connectivity index (χ1n) is 6.95. The Morgan fingerprint density at radius 2 is 1.96 bits per heavy atom. The first kappa shape index (κ1) is 16.4. The number of hydrogen-bond donors (Lipinski definition) is 2. The summed E-state index contributed by atoms with van der Waals surface area (Å²) in [5.41, 5.74) is 0.895. The molecule has 7 heteroatoms. The largest absolute Gasteiger partial charge is 0.374 e. The van der Waals surface area contributed by atoms with Crippen molar-refractivity contribution in [3.05, 3.63) is 64.0 Å². The molecule has 6 nitrogen and oxygen atoms in total. The zero-order valence-electron chi connectivity index (χ0n) is 12.7. The predicted octanol–water partition coefficient (Wildman–Crippen LogP) is 3.48. The van der Waals surface area contributed by atoms with Crippen molar-refractivity contribution in [2.75, 3.05) is 10.6 Å². The van der Waals surface area contributed by atoms with Crippen molar-refractivity contribution in [3.8, 4) is 0 Å². The molecular weight excluding hydrogens is 301 g/mol. The zero-order valence-corrected chi connectivity index (χ0v) is 12.7. The van der Waals surface area contributed by atoms with Gasteiger partial charge in [0.2, 0.25) is 5.91 Å². The maximum absolute atomic E-state index is 13.5. The molecule has 2 rings (SSSR count). The van der Waals surface area contributed by atoms with E-state index in [1.54, 1.807) is 32.0 Å². The summed E-state index contributed by atoms with van der Waals surface area (Å²) in [7, 11) is 0. The number of benzene rings is 2. The van der Waals surface area contributed by atoms with E-state index in [9.17, 15) is 19.3 Å². The Bertz CT molecular complexity index is 749. The third-order valence-corrected chi connectivity index (χ3v) is 3.31. The third kappa shape index (κ3) is 4.03. The van der Waals surface area contributed by atoms with E-state index in [1.165, 1.54) is 24.3 Å². The van der Waals surface area contributed by atoms with Gasteiger partial charge in [-0.25, -0.2) is 4.39 Å². The summed E-state index contributed by atoms with van der Waals surface area (Å²) in [5.74, 6) is -0.832. The van der Waals surface area contributed by atoms with E-state index in [2.05, 4.69) is 10.6 Å². The first-order chi connectivity index (χ1) is 10.9. The summed E-state index contributed by atoms with van der Waals surface area (Å²) in [6.07, 6.45) is 0. The van der Waals surface area contributed by atoms with Gasteiger partial charge in [0, 0.05) is 11.8 Å². The minimum atomic E-state index is -0.697. The molecular formula is C16H16FN3O3. The van der Waals surface area contributed by atoms with Crippen LogP contribution in [0.2, 0.25) is 0 Å². The van der Waals surface area contributed by atoms with E-state index in [0.29, 0.717) is 11.3 Å². The highest BCUT2D eigenvalue weighted by atomic mass is 19.1. The summed E-state index contributed by atoms with van der Waals surface area (Å²) in [5, 5.41) is 16.3. The third-order valence-electron chi connectivity index (χ3n) is 3.31. The molecule has 23 heavy (non-hydrogen) atoms. The second-order valence-corrected chi connectivity index (χ2v) is 5.09. The van der Waals surface area contributed by atoms with Gasteiger partial charge >= 0.3 is 0 Å². The number of rotatable bonds is 5. The van der Waals surface area contributed by atoms with Crippen LogP contribution in [0.1, 0.15) is 12.5 Å². The first-order valence-corrected chi connectivity index (χ1v) is 6.95. The summed E-state index contributed by atoms with van der Waals surface area (Å²) in [4.78, 5) is 22.5. The van der Waals surface area contributed by atoms with Crippen LogP contribution in [0.4, 0.5) is 21.5 Å². The number of aryl methyl sites for hydroxylation is 1. The SMILES string of the molecule is Cc1ccc(N[C@H](C)C(=O)Nc2ccccc2[N+](=O)[O-])cc1F. The second-order valence-electron chi connectivity index (χ2n) is 5.09. The highest BCUT2D eigenvalue weighted by molar-refractivity contribution is 5.97. The molecule has 0 aliphatic heterocycles. The maximum atomic E-state index is 13.5. The molecule has 1 atom stereocenters. The molecule has 0 fully saturated rings. The van der Waals surface area contributed by atoms with Crippen LogP contribution in [-0.2, 0) is 4.79 Å². The van der Waals surface area contributed by atoms with Gasteiger partial charge in [0.15, 0.2) is 0 Å². The van der Waals surface area contributed by atoms with Crippen LogP contribution < -0.4 is 10.6 Å². The molecule has 0 radical (unpaired) electrons. The lowest BCUT2D eigenvalue weighted by molar-refractivity contribution is -0.383. The fourth-order valence-corrected chi connectivity index (χ4v) is 1.98. The van der Waals surface area contributed by atoms with Crippen LogP contribution in [0.3, 0.4) is 0 Å². The number of nitro groups is 1. The quantitative estimate of drug-likeness (QED) is 0.653. The molecule has 0 saturated carbocycles. The number of carbonyl (C=O) groups is 1. The molecule has 0 spiro atoms. The molecule has 2 aromatic carbocycles. The van der Waals surface area contributed by atoms with E-state index in [1.807, 2.05) is 0 Å². The zero-order chi connectivity index (χ0) is 17.0. The fourth-order valence-electron chi connectivity index (χ4n) is 1.98. The van der Waals surface area contributed by atoms with Gasteiger partial charge in [-0.3, -0.25) is 14.9 Å². The highest BCUT2D eigenvalue weighted by Gasteiger charge is 2.18. The van der Waals surface area contributed by atoms with Crippen LogP contribution in [0.25, 0.3) is 0 Å². The number of carbonyl (C=O) groups excluding carboxylic acids is 1. The Kier molecular flexibility index (Phi) is 4.90. The van der Waals surface area contributed by atoms with Crippen molar-refractivity contribution in [1.82, 2.24) is 0 Å². The molecule has 2 N–H and O–H groups in total. The van der Waals surface area contributed by atoms with Crippen molar-refractivity contribution in [2.24, 2.45) is 0 Å². The molecule has 0 heterocycles. The highest BCUT2D eigenvalue weighted by Crippen LogP contribution is 2.23. The molecule has 2 aromatic rings. The number of para-hydroxylation sites is 2. The number of nitrogens with zero attached hydrogens (tertiary/aromatic N) is 1. The van der Waals surface area contributed by atoms with Gasteiger partial charge in [0.1, 0.15) is 17.5 Å². The molecule has 0 unspecified atom stereocenters. The smallest absolute Gasteiger partial charge is 0.292 e. The van der Waals surface area contributed by atoms with Crippen LogP contribution in [0, 0.1) is 22.9 Å². The Morgan fingerprint density at radius 3 is 2.61 bits per heavy atom. The normalized spacial score (nSPS) is 11.6. The molecule has 120 valence electrons. The van der Waals surface area contributed by atoms with E-state index >= 15 is 0 Å². The minimum Gasteiger partial charge on any atom is -0.374 e. The van der Waals surface area contributed by atoms with Crippen molar-refractivity contribution >= 4 is 23.0 Å². The molecule has 1 amide bonds. The number of nitrogens with one attached hydrogen (secondary N) is 2. The van der Waals surface area contributed by atoms with E-state index in [0.717, 1.165) is 0 Å². The number of hydrogen-bond acceptors (Lipinski definition) is 4. The minimum absolute atomic E-state index is 0.117. The molecule has 0 aliphatic rings. The maximum Gasteiger partial charge on any atom is 0.292 e. The summed E-state index contributed by atoms with van der Waals surface area (Å²) in [6, 6.07) is 9.73. The van der Waals surface area contributed by atoms with Crippen LogP contribution in [0.5, 0.6) is 0 Å². The fraction of sp³-hybridized carbons (Fsp3) is 0.188. The number of amides is 1. The van der Waals surface area contributed by atoms with Gasteiger partial charge in [0.25, 0.3) is 5.69 Å². The molecule has 0 saturated heterocycles. The lowest BCUT2D eigenvalue weighted by Gasteiger charge is -2.15. The van der Waals surface area contributed by atoms with Gasteiger partial charge in [-0.05, 0) is 37.6 Å². The second kappa shape index (κ2) is 6.87. The average molecular weight is 317 g/mol. The van der Waals surface area contributed by atoms with Gasteiger partial charge in [-0.2, -0.15) is 0 Å². The Labute approximate surface area is 132 Å². The van der Waals surface area contributed by atoms with E-state index < -0.39 is 16.9 Å². The van der Waals surface area contributed by atoms with Crippen LogP contribution in [-0.4, -0.2) is 16.9 Å².